The zero-order valence-corrected chi connectivity index (χ0v) is 10.4. The number of methoxy groups -OCH3 is 1. The molecule has 0 N–H and O–H groups in total. The van der Waals surface area contributed by atoms with E-state index in [1.54, 1.807) is 7.11 Å². The van der Waals surface area contributed by atoms with Crippen LogP contribution >= 0.6 is 0 Å². The van der Waals surface area contributed by atoms with E-state index in [4.69, 9.17) is 4.74 Å². The first-order valence-electron chi connectivity index (χ1n) is 5.88. The van der Waals surface area contributed by atoms with Crippen LogP contribution in [-0.4, -0.2) is 16.5 Å². The maximum Gasteiger partial charge on any atom is 0.137 e. The lowest BCUT2D eigenvalue weighted by Crippen LogP contribution is -1.89. The molecule has 0 bridgehead atoms. The van der Waals surface area contributed by atoms with Crippen molar-refractivity contribution in [1.29, 1.82) is 0 Å². The largest absolute Gasteiger partial charge is 0.497 e. The van der Waals surface area contributed by atoms with E-state index in [2.05, 4.69) is 21.5 Å². The number of pyridine rings is 1. The first-order chi connectivity index (χ1) is 8.79. The summed E-state index contributed by atoms with van der Waals surface area (Å²) in [6.07, 6.45) is 2.04. The molecule has 2 heterocycles. The van der Waals surface area contributed by atoms with Crippen LogP contribution in [0, 0.1) is 6.92 Å². The Kier molecular flexibility index (Phi) is 2.52. The van der Waals surface area contributed by atoms with E-state index in [9.17, 15) is 0 Å². The van der Waals surface area contributed by atoms with Crippen LogP contribution in [0.1, 0.15) is 5.69 Å². The Morgan fingerprint density at radius 2 is 1.83 bits per heavy atom. The van der Waals surface area contributed by atoms with E-state index in [1.165, 1.54) is 0 Å². The third-order valence-electron chi connectivity index (χ3n) is 3.07. The number of aryl methyl sites for hydroxylation is 1. The highest BCUT2D eigenvalue weighted by molar-refractivity contribution is 5.67. The van der Waals surface area contributed by atoms with Crippen molar-refractivity contribution in [2.24, 2.45) is 0 Å². The molecular weight excluding hydrogens is 224 g/mol. The molecule has 3 rings (SSSR count). The lowest BCUT2D eigenvalue weighted by molar-refractivity contribution is 0.415. The summed E-state index contributed by atoms with van der Waals surface area (Å²) in [6.45, 7) is 2.03. The molecule has 3 nitrogen and oxygen atoms in total. The summed E-state index contributed by atoms with van der Waals surface area (Å²) in [5.41, 5.74) is 4.28. The topological polar surface area (TPSA) is 26.5 Å². The van der Waals surface area contributed by atoms with Crippen LogP contribution in [0.2, 0.25) is 0 Å². The Balaban J connectivity index is 2.20. The van der Waals surface area contributed by atoms with Gasteiger partial charge in [0.1, 0.15) is 11.4 Å². The number of imidazole rings is 1. The van der Waals surface area contributed by atoms with E-state index in [0.29, 0.717) is 0 Å². The second kappa shape index (κ2) is 4.18. The quantitative estimate of drug-likeness (QED) is 0.684. The van der Waals surface area contributed by atoms with Crippen LogP contribution < -0.4 is 4.74 Å². The summed E-state index contributed by atoms with van der Waals surface area (Å²) in [5.74, 6) is 0.866. The van der Waals surface area contributed by atoms with Gasteiger partial charge in [0.25, 0.3) is 0 Å². The Bertz CT molecular complexity index is 683. The molecule has 3 heteroatoms. The maximum absolute atomic E-state index is 5.18. The van der Waals surface area contributed by atoms with Gasteiger partial charge in [0, 0.05) is 11.8 Å². The lowest BCUT2D eigenvalue weighted by Gasteiger charge is -2.04. The standard InChI is InChI=1S/C15H14N2O/c1-11-15(12-6-8-13(18-2)9-7-12)17-10-4-3-5-14(17)16-11/h3-10H,1-2H3. The first kappa shape index (κ1) is 10.8. The number of nitrogens with zero attached hydrogens (tertiary/aromatic N) is 2. The van der Waals surface area contributed by atoms with E-state index >= 15 is 0 Å². The molecule has 0 saturated heterocycles. The molecule has 0 saturated carbocycles. The van der Waals surface area contributed by atoms with Crippen molar-refractivity contribution in [1.82, 2.24) is 9.38 Å². The zero-order valence-electron chi connectivity index (χ0n) is 10.4. The Labute approximate surface area is 106 Å². The van der Waals surface area contributed by atoms with Crippen molar-refractivity contribution >= 4 is 5.65 Å². The molecule has 18 heavy (non-hydrogen) atoms. The predicted molar refractivity (Wildman–Crippen MR) is 71.9 cm³/mol. The van der Waals surface area contributed by atoms with E-state index < -0.39 is 0 Å². The summed E-state index contributed by atoms with van der Waals surface area (Å²) < 4.78 is 7.29. The minimum absolute atomic E-state index is 0.866. The zero-order chi connectivity index (χ0) is 12.5. The van der Waals surface area contributed by atoms with Crippen LogP contribution in [0.3, 0.4) is 0 Å². The molecule has 90 valence electrons. The Hall–Kier alpha value is -2.29. The van der Waals surface area contributed by atoms with Crippen LogP contribution in [0.15, 0.2) is 48.7 Å². The van der Waals surface area contributed by atoms with E-state index in [1.807, 2.05) is 43.5 Å². The number of aromatic nitrogens is 2. The summed E-state index contributed by atoms with van der Waals surface area (Å²) in [5, 5.41) is 0. The highest BCUT2D eigenvalue weighted by Gasteiger charge is 2.09. The van der Waals surface area contributed by atoms with Crippen molar-refractivity contribution in [2.75, 3.05) is 7.11 Å². The molecule has 0 aliphatic carbocycles. The maximum atomic E-state index is 5.18. The first-order valence-corrected chi connectivity index (χ1v) is 5.88. The molecule has 0 fully saturated rings. The van der Waals surface area contributed by atoms with Crippen LogP contribution in [-0.2, 0) is 0 Å². The van der Waals surface area contributed by atoms with Gasteiger partial charge >= 0.3 is 0 Å². The molecule has 0 atom stereocenters. The van der Waals surface area contributed by atoms with Crippen molar-refractivity contribution in [3.8, 4) is 17.0 Å². The number of fused-ring (bicyclic) bond motifs is 1. The molecule has 0 amide bonds. The van der Waals surface area contributed by atoms with Crippen molar-refractivity contribution in [2.45, 2.75) is 6.92 Å². The average Bonchev–Trinajstić information content (AvgIpc) is 2.75. The fourth-order valence-electron chi connectivity index (χ4n) is 2.21. The number of hydrogen-bond acceptors (Lipinski definition) is 2. The molecule has 2 aromatic heterocycles. The third-order valence-corrected chi connectivity index (χ3v) is 3.07. The highest BCUT2D eigenvalue weighted by atomic mass is 16.5. The second-order valence-electron chi connectivity index (χ2n) is 4.20. The van der Waals surface area contributed by atoms with Crippen LogP contribution in [0.25, 0.3) is 16.9 Å². The number of benzene rings is 1. The van der Waals surface area contributed by atoms with Gasteiger partial charge < -0.3 is 4.74 Å². The molecule has 0 radical (unpaired) electrons. The minimum atomic E-state index is 0.866. The average molecular weight is 238 g/mol. The SMILES string of the molecule is COc1ccc(-c2c(C)nc3ccccn23)cc1. The molecule has 0 unspecified atom stereocenters. The van der Waals surface area contributed by atoms with Crippen LogP contribution in [0.4, 0.5) is 0 Å². The van der Waals surface area contributed by atoms with Crippen LogP contribution in [0.5, 0.6) is 5.75 Å². The van der Waals surface area contributed by atoms with E-state index in [-0.39, 0.29) is 0 Å². The normalized spacial score (nSPS) is 10.8. The predicted octanol–water partition coefficient (Wildman–Crippen LogP) is 3.32. The Morgan fingerprint density at radius 3 is 2.56 bits per heavy atom. The van der Waals surface area contributed by atoms with Gasteiger partial charge in [-0.1, -0.05) is 6.07 Å². The fourth-order valence-corrected chi connectivity index (χ4v) is 2.21. The van der Waals surface area contributed by atoms with Gasteiger partial charge in [0.2, 0.25) is 0 Å². The summed E-state index contributed by atoms with van der Waals surface area (Å²) in [6, 6.07) is 14.1. The fraction of sp³-hybridized carbons (Fsp3) is 0.133. The molecule has 3 aromatic rings. The van der Waals surface area contributed by atoms with Gasteiger partial charge in [-0.3, -0.25) is 4.40 Å². The Morgan fingerprint density at radius 1 is 1.06 bits per heavy atom. The van der Waals surface area contributed by atoms with Gasteiger partial charge in [-0.25, -0.2) is 4.98 Å². The highest BCUT2D eigenvalue weighted by Crippen LogP contribution is 2.26. The van der Waals surface area contributed by atoms with Gasteiger partial charge in [0.05, 0.1) is 18.5 Å². The molecular formula is C15H14N2O. The van der Waals surface area contributed by atoms with E-state index in [0.717, 1.165) is 28.3 Å². The molecule has 0 spiro atoms. The van der Waals surface area contributed by atoms with Gasteiger partial charge in [-0.2, -0.15) is 0 Å². The smallest absolute Gasteiger partial charge is 0.137 e. The number of rotatable bonds is 2. The minimum Gasteiger partial charge on any atom is -0.497 e. The van der Waals surface area contributed by atoms with Crippen molar-refractivity contribution < 1.29 is 4.74 Å². The molecule has 0 aliphatic heterocycles. The summed E-state index contributed by atoms with van der Waals surface area (Å²) in [7, 11) is 1.68. The number of hydrogen-bond donors (Lipinski definition) is 0. The molecule has 0 aliphatic rings. The van der Waals surface area contributed by atoms with Gasteiger partial charge in [-0.15, -0.1) is 0 Å². The molecule has 1 aromatic carbocycles. The summed E-state index contributed by atoms with van der Waals surface area (Å²) in [4.78, 5) is 4.56. The second-order valence-corrected chi connectivity index (χ2v) is 4.20. The van der Waals surface area contributed by atoms with Gasteiger partial charge in [0.15, 0.2) is 0 Å². The third kappa shape index (κ3) is 1.64. The number of ether oxygens (including phenoxy) is 1. The van der Waals surface area contributed by atoms with Crippen molar-refractivity contribution in [3.63, 3.8) is 0 Å². The van der Waals surface area contributed by atoms with Crippen molar-refractivity contribution in [3.05, 3.63) is 54.4 Å². The monoisotopic (exact) mass is 238 g/mol. The lowest BCUT2D eigenvalue weighted by atomic mass is 10.1. The van der Waals surface area contributed by atoms with Gasteiger partial charge in [-0.05, 0) is 43.3 Å². The summed E-state index contributed by atoms with van der Waals surface area (Å²) >= 11 is 0.